The highest BCUT2D eigenvalue weighted by molar-refractivity contribution is 5.83. The summed E-state index contributed by atoms with van der Waals surface area (Å²) in [5, 5.41) is 7.15. The van der Waals surface area contributed by atoms with Crippen molar-refractivity contribution in [2.24, 2.45) is 0 Å². The Morgan fingerprint density at radius 1 is 1.00 bits per heavy atom. The number of hydrogen-bond donors (Lipinski definition) is 1. The molecule has 1 heterocycles. The summed E-state index contributed by atoms with van der Waals surface area (Å²) in [5.41, 5.74) is 6.72. The summed E-state index contributed by atoms with van der Waals surface area (Å²) < 4.78 is 7.08. The standard InChI is InChI=1S/C29H27N3O2.C2H6/c1-3-29(17-18-29)25-12-8-22(9-13-25)23-10-14-26(15-11-23)32-27(16-19-30-32)31-28(33)34-20-24-7-5-4-6-21(24)2;1-2/h3-16,19H,1,17-18,20H2,2H3,(H,31,33);1-2H3. The zero-order valence-corrected chi connectivity index (χ0v) is 21.2. The molecule has 1 N–H and O–H groups in total. The molecule has 0 radical (unpaired) electrons. The van der Waals surface area contributed by atoms with Gasteiger partial charge in [0.05, 0.1) is 11.9 Å². The quantitative estimate of drug-likeness (QED) is 0.275. The molecular weight excluding hydrogens is 446 g/mol. The number of aryl methyl sites for hydroxylation is 1. The molecular formula is C31H33N3O2. The molecule has 3 aromatic carbocycles. The number of carbonyl (C=O) groups is 1. The zero-order chi connectivity index (χ0) is 25.5. The maximum atomic E-state index is 12.4. The lowest BCUT2D eigenvalue weighted by Gasteiger charge is -2.12. The van der Waals surface area contributed by atoms with Crippen molar-refractivity contribution in [3.05, 3.63) is 114 Å². The molecule has 0 bridgehead atoms. The van der Waals surface area contributed by atoms with Crippen LogP contribution in [0.5, 0.6) is 0 Å². The Morgan fingerprint density at radius 3 is 2.25 bits per heavy atom. The molecule has 0 spiro atoms. The first-order chi connectivity index (χ1) is 17.6. The SMILES string of the molecule is C=CC1(c2ccc(-c3ccc(-n4nccc4NC(=O)OCc4ccccc4C)cc3)cc2)CC1.CC. The van der Waals surface area contributed by atoms with Crippen molar-refractivity contribution >= 4 is 11.9 Å². The predicted molar refractivity (Wildman–Crippen MR) is 146 cm³/mol. The van der Waals surface area contributed by atoms with Crippen molar-refractivity contribution in [2.75, 3.05) is 5.32 Å². The summed E-state index contributed by atoms with van der Waals surface area (Å²) in [7, 11) is 0. The fraction of sp³-hybridized carbons (Fsp3) is 0.226. The van der Waals surface area contributed by atoms with E-state index in [0.29, 0.717) is 5.82 Å². The van der Waals surface area contributed by atoms with Crippen LogP contribution in [0.25, 0.3) is 16.8 Å². The van der Waals surface area contributed by atoms with Crippen molar-refractivity contribution in [1.29, 1.82) is 0 Å². The molecule has 1 saturated carbocycles. The van der Waals surface area contributed by atoms with E-state index in [0.717, 1.165) is 27.9 Å². The van der Waals surface area contributed by atoms with Gasteiger partial charge in [-0.2, -0.15) is 5.10 Å². The molecule has 0 saturated heterocycles. The summed E-state index contributed by atoms with van der Waals surface area (Å²) >= 11 is 0. The Balaban J connectivity index is 0.00000148. The largest absolute Gasteiger partial charge is 0.444 e. The van der Waals surface area contributed by atoms with E-state index < -0.39 is 6.09 Å². The van der Waals surface area contributed by atoms with Gasteiger partial charge >= 0.3 is 6.09 Å². The highest BCUT2D eigenvalue weighted by atomic mass is 16.5. The number of carbonyl (C=O) groups excluding carboxylic acids is 1. The lowest BCUT2D eigenvalue weighted by atomic mass is 9.94. The van der Waals surface area contributed by atoms with E-state index in [-0.39, 0.29) is 12.0 Å². The molecule has 1 aliphatic carbocycles. The first kappa shape index (κ1) is 25.0. The molecule has 36 heavy (non-hydrogen) atoms. The highest BCUT2D eigenvalue weighted by Gasteiger charge is 2.40. The molecule has 0 unspecified atom stereocenters. The Kier molecular flexibility index (Phi) is 7.69. The van der Waals surface area contributed by atoms with Crippen molar-refractivity contribution in [2.45, 2.75) is 45.6 Å². The molecule has 5 rings (SSSR count). The molecule has 184 valence electrons. The smallest absolute Gasteiger partial charge is 0.413 e. The van der Waals surface area contributed by atoms with Gasteiger partial charge in [-0.1, -0.05) is 80.6 Å². The third-order valence-corrected chi connectivity index (χ3v) is 6.58. The fourth-order valence-electron chi connectivity index (χ4n) is 4.19. The van der Waals surface area contributed by atoms with Gasteiger partial charge in [0, 0.05) is 11.5 Å². The molecule has 1 fully saturated rings. The minimum atomic E-state index is -0.519. The molecule has 1 amide bonds. The number of aromatic nitrogens is 2. The summed E-state index contributed by atoms with van der Waals surface area (Å²) in [4.78, 5) is 12.4. The molecule has 1 aromatic heterocycles. The van der Waals surface area contributed by atoms with Crippen LogP contribution in [0.2, 0.25) is 0 Å². The number of hydrogen-bond acceptors (Lipinski definition) is 3. The monoisotopic (exact) mass is 479 g/mol. The van der Waals surface area contributed by atoms with Gasteiger partial charge in [0.25, 0.3) is 0 Å². The summed E-state index contributed by atoms with van der Waals surface area (Å²) in [6, 6.07) is 26.4. The Hall–Kier alpha value is -4.12. The van der Waals surface area contributed by atoms with Gasteiger partial charge in [0.2, 0.25) is 0 Å². The van der Waals surface area contributed by atoms with Gasteiger partial charge in [0.15, 0.2) is 0 Å². The van der Waals surface area contributed by atoms with Gasteiger partial charge in [-0.05, 0) is 59.7 Å². The molecule has 5 nitrogen and oxygen atoms in total. The topological polar surface area (TPSA) is 56.2 Å². The van der Waals surface area contributed by atoms with Crippen LogP contribution in [0.4, 0.5) is 10.6 Å². The van der Waals surface area contributed by atoms with Crippen molar-refractivity contribution in [3.8, 4) is 16.8 Å². The van der Waals surface area contributed by atoms with E-state index in [1.54, 1.807) is 16.9 Å². The van der Waals surface area contributed by atoms with E-state index >= 15 is 0 Å². The van der Waals surface area contributed by atoms with E-state index in [1.165, 1.54) is 18.4 Å². The second-order valence-electron chi connectivity index (χ2n) is 8.74. The predicted octanol–water partition coefficient (Wildman–Crippen LogP) is 7.84. The maximum absolute atomic E-state index is 12.4. The Morgan fingerprint density at radius 2 is 1.64 bits per heavy atom. The normalized spacial score (nSPS) is 13.2. The second-order valence-corrected chi connectivity index (χ2v) is 8.74. The van der Waals surface area contributed by atoms with Crippen LogP contribution >= 0.6 is 0 Å². The average molecular weight is 480 g/mol. The number of benzene rings is 3. The van der Waals surface area contributed by atoms with Crippen LogP contribution in [0.3, 0.4) is 0 Å². The van der Waals surface area contributed by atoms with E-state index in [9.17, 15) is 4.79 Å². The number of nitrogens with zero attached hydrogens (tertiary/aromatic N) is 2. The first-order valence-corrected chi connectivity index (χ1v) is 12.5. The third-order valence-electron chi connectivity index (χ3n) is 6.58. The number of rotatable bonds is 7. The third kappa shape index (κ3) is 5.41. The van der Waals surface area contributed by atoms with Crippen LogP contribution in [-0.4, -0.2) is 15.9 Å². The van der Waals surface area contributed by atoms with E-state index in [4.69, 9.17) is 4.74 Å². The van der Waals surface area contributed by atoms with Gasteiger partial charge < -0.3 is 4.74 Å². The number of ether oxygens (including phenoxy) is 1. The molecule has 0 aliphatic heterocycles. The van der Waals surface area contributed by atoms with Crippen LogP contribution in [0, 0.1) is 6.92 Å². The lowest BCUT2D eigenvalue weighted by molar-refractivity contribution is 0.154. The molecule has 1 aliphatic rings. The zero-order valence-electron chi connectivity index (χ0n) is 21.2. The number of anilines is 1. The van der Waals surface area contributed by atoms with Gasteiger partial charge in [-0.25, -0.2) is 9.48 Å². The minimum Gasteiger partial charge on any atom is -0.444 e. The Labute approximate surface area is 213 Å². The van der Waals surface area contributed by atoms with E-state index in [1.807, 2.05) is 57.2 Å². The van der Waals surface area contributed by atoms with Gasteiger partial charge in [-0.15, -0.1) is 6.58 Å². The second kappa shape index (κ2) is 11.1. The minimum absolute atomic E-state index is 0.187. The molecule has 0 atom stereocenters. The average Bonchev–Trinajstić information content (AvgIpc) is 3.60. The summed E-state index contributed by atoms with van der Waals surface area (Å²) in [6.07, 6.45) is 5.57. The van der Waals surface area contributed by atoms with Crippen molar-refractivity contribution < 1.29 is 9.53 Å². The summed E-state index contributed by atoms with van der Waals surface area (Å²) in [6.45, 7) is 10.2. The maximum Gasteiger partial charge on any atom is 0.413 e. The van der Waals surface area contributed by atoms with Gasteiger partial charge in [-0.3, -0.25) is 5.32 Å². The van der Waals surface area contributed by atoms with Crippen molar-refractivity contribution in [3.63, 3.8) is 0 Å². The fourth-order valence-corrected chi connectivity index (χ4v) is 4.19. The molecule has 4 aromatic rings. The lowest BCUT2D eigenvalue weighted by Crippen LogP contribution is -2.16. The van der Waals surface area contributed by atoms with Gasteiger partial charge in [0.1, 0.15) is 12.4 Å². The summed E-state index contributed by atoms with van der Waals surface area (Å²) in [5.74, 6) is 0.547. The number of allylic oxidation sites excluding steroid dienone is 1. The Bertz CT molecular complexity index is 1320. The van der Waals surface area contributed by atoms with Crippen molar-refractivity contribution in [1.82, 2.24) is 9.78 Å². The van der Waals surface area contributed by atoms with E-state index in [2.05, 4.69) is 59.5 Å². The van der Waals surface area contributed by atoms with Crippen LogP contribution in [0.1, 0.15) is 43.4 Å². The first-order valence-electron chi connectivity index (χ1n) is 12.5. The highest BCUT2D eigenvalue weighted by Crippen LogP contribution is 2.49. The van der Waals surface area contributed by atoms with Crippen LogP contribution in [-0.2, 0) is 16.8 Å². The number of nitrogens with one attached hydrogen (secondary N) is 1. The number of amides is 1. The van der Waals surface area contributed by atoms with Crippen LogP contribution < -0.4 is 5.32 Å². The molecule has 5 heteroatoms. The van der Waals surface area contributed by atoms with Crippen LogP contribution in [0.15, 0.2) is 97.7 Å².